The van der Waals surface area contributed by atoms with Gasteiger partial charge in [0, 0.05) is 29.2 Å². The fourth-order valence-electron chi connectivity index (χ4n) is 3.89. The first-order valence-electron chi connectivity index (χ1n) is 9.01. The molecule has 3 rings (SSSR count). The topological polar surface area (TPSA) is 48.1 Å². The maximum Gasteiger partial charge on any atom is 0.224 e. The Labute approximate surface area is 144 Å². The van der Waals surface area contributed by atoms with Gasteiger partial charge < -0.3 is 15.2 Å². The molecule has 1 atom stereocenters. The van der Waals surface area contributed by atoms with Crippen molar-refractivity contribution < 1.29 is 4.79 Å². The van der Waals surface area contributed by atoms with Crippen molar-refractivity contribution in [2.45, 2.75) is 52.5 Å². The van der Waals surface area contributed by atoms with Gasteiger partial charge in [-0.25, -0.2) is 0 Å². The van der Waals surface area contributed by atoms with Crippen LogP contribution in [-0.4, -0.2) is 42.0 Å². The summed E-state index contributed by atoms with van der Waals surface area (Å²) in [6.45, 7) is 8.19. The van der Waals surface area contributed by atoms with Gasteiger partial charge in [-0.2, -0.15) is 0 Å². The fraction of sp³-hybridized carbons (Fsp3) is 0.550. The number of hydrogen-bond donors (Lipinski definition) is 2. The van der Waals surface area contributed by atoms with E-state index in [-0.39, 0.29) is 5.91 Å². The van der Waals surface area contributed by atoms with E-state index in [1.54, 1.807) is 0 Å². The summed E-state index contributed by atoms with van der Waals surface area (Å²) in [4.78, 5) is 18.3. The van der Waals surface area contributed by atoms with Gasteiger partial charge in [0.2, 0.25) is 5.91 Å². The lowest BCUT2D eigenvalue weighted by Crippen LogP contribution is -2.44. The first-order chi connectivity index (χ1) is 11.5. The van der Waals surface area contributed by atoms with E-state index in [0.717, 1.165) is 24.3 Å². The third-order valence-corrected chi connectivity index (χ3v) is 5.48. The van der Waals surface area contributed by atoms with E-state index in [1.807, 2.05) is 0 Å². The standard InChI is InChI=1S/C20H29N3O/c1-13-8-9-14(2)20-19(13)17(15(3)22-20)11-18(24)21-12-16-7-5-6-10-23(16)4/h8-9,16,22H,5-7,10-12H2,1-4H3,(H,21,24)/t16-/m0/s1. The summed E-state index contributed by atoms with van der Waals surface area (Å²) in [5, 5.41) is 4.37. The Morgan fingerprint density at radius 3 is 2.75 bits per heavy atom. The molecule has 4 nitrogen and oxygen atoms in total. The van der Waals surface area contributed by atoms with E-state index < -0.39 is 0 Å². The predicted octanol–water partition coefficient (Wildman–Crippen LogP) is 3.24. The molecule has 1 aromatic carbocycles. The minimum absolute atomic E-state index is 0.124. The Kier molecular flexibility index (Phi) is 4.95. The minimum atomic E-state index is 0.124. The van der Waals surface area contributed by atoms with Crippen LogP contribution in [0, 0.1) is 20.8 Å². The van der Waals surface area contributed by atoms with Crippen molar-refractivity contribution in [1.29, 1.82) is 0 Å². The summed E-state index contributed by atoms with van der Waals surface area (Å²) in [6, 6.07) is 4.76. The van der Waals surface area contributed by atoms with Crippen molar-refractivity contribution in [3.63, 3.8) is 0 Å². The Hall–Kier alpha value is -1.81. The van der Waals surface area contributed by atoms with Crippen LogP contribution < -0.4 is 5.32 Å². The molecular formula is C20H29N3O. The average molecular weight is 327 g/mol. The van der Waals surface area contributed by atoms with Gasteiger partial charge in [0.05, 0.1) is 6.42 Å². The highest BCUT2D eigenvalue weighted by molar-refractivity contribution is 5.93. The number of likely N-dealkylation sites (tertiary alicyclic amines) is 1. The van der Waals surface area contributed by atoms with Crippen molar-refractivity contribution in [2.75, 3.05) is 20.1 Å². The van der Waals surface area contributed by atoms with Gasteiger partial charge in [-0.05, 0) is 63.9 Å². The summed E-state index contributed by atoms with van der Waals surface area (Å²) in [7, 11) is 2.16. The molecule has 1 aromatic heterocycles. The number of aromatic amines is 1. The van der Waals surface area contributed by atoms with Gasteiger partial charge in [-0.3, -0.25) is 4.79 Å². The second-order valence-corrected chi connectivity index (χ2v) is 7.29. The van der Waals surface area contributed by atoms with E-state index in [9.17, 15) is 4.79 Å². The summed E-state index contributed by atoms with van der Waals surface area (Å²) in [6.07, 6.45) is 4.17. The Bertz CT molecular complexity index is 747. The number of hydrogen-bond acceptors (Lipinski definition) is 2. The van der Waals surface area contributed by atoms with Crippen molar-refractivity contribution in [1.82, 2.24) is 15.2 Å². The van der Waals surface area contributed by atoms with Crippen LogP contribution in [0.5, 0.6) is 0 Å². The number of likely N-dealkylation sites (N-methyl/N-ethyl adjacent to an activating group) is 1. The molecule has 1 amide bonds. The van der Waals surface area contributed by atoms with Crippen molar-refractivity contribution in [3.8, 4) is 0 Å². The molecule has 2 heterocycles. The molecule has 130 valence electrons. The second kappa shape index (κ2) is 6.98. The highest BCUT2D eigenvalue weighted by Crippen LogP contribution is 2.28. The maximum atomic E-state index is 12.5. The third kappa shape index (κ3) is 3.34. The number of aromatic nitrogens is 1. The summed E-state index contributed by atoms with van der Waals surface area (Å²) in [5.41, 5.74) is 5.87. The maximum absolute atomic E-state index is 12.5. The number of piperidine rings is 1. The lowest BCUT2D eigenvalue weighted by Gasteiger charge is -2.32. The number of benzene rings is 1. The van der Waals surface area contributed by atoms with Gasteiger partial charge in [0.1, 0.15) is 0 Å². The van der Waals surface area contributed by atoms with E-state index in [0.29, 0.717) is 12.5 Å². The smallest absolute Gasteiger partial charge is 0.224 e. The third-order valence-electron chi connectivity index (χ3n) is 5.48. The van der Waals surface area contributed by atoms with Gasteiger partial charge >= 0.3 is 0 Å². The van der Waals surface area contributed by atoms with Crippen LogP contribution >= 0.6 is 0 Å². The second-order valence-electron chi connectivity index (χ2n) is 7.29. The van der Waals surface area contributed by atoms with Crippen LogP contribution in [0.1, 0.15) is 41.6 Å². The molecule has 0 spiro atoms. The predicted molar refractivity (Wildman–Crippen MR) is 99.5 cm³/mol. The molecule has 2 N–H and O–H groups in total. The number of aryl methyl sites for hydroxylation is 3. The van der Waals surface area contributed by atoms with Crippen LogP contribution in [0.15, 0.2) is 12.1 Å². The number of amides is 1. The molecule has 1 aliphatic heterocycles. The number of rotatable bonds is 4. The highest BCUT2D eigenvalue weighted by atomic mass is 16.1. The molecular weight excluding hydrogens is 298 g/mol. The molecule has 24 heavy (non-hydrogen) atoms. The van der Waals surface area contributed by atoms with E-state index >= 15 is 0 Å². The van der Waals surface area contributed by atoms with Gasteiger partial charge in [-0.1, -0.05) is 18.6 Å². The number of carbonyl (C=O) groups excluding carboxylic acids is 1. The zero-order chi connectivity index (χ0) is 17.3. The van der Waals surface area contributed by atoms with Crippen LogP contribution in [0.2, 0.25) is 0 Å². The lowest BCUT2D eigenvalue weighted by atomic mass is 10.0. The number of nitrogens with one attached hydrogen (secondary N) is 2. The molecule has 4 heteroatoms. The summed E-state index contributed by atoms with van der Waals surface area (Å²) < 4.78 is 0. The number of nitrogens with zero attached hydrogens (tertiary/aromatic N) is 1. The molecule has 1 aliphatic rings. The van der Waals surface area contributed by atoms with E-state index in [2.05, 4.69) is 55.2 Å². The molecule has 0 saturated carbocycles. The molecule has 1 fully saturated rings. The molecule has 0 radical (unpaired) electrons. The Morgan fingerprint density at radius 2 is 2.00 bits per heavy atom. The van der Waals surface area contributed by atoms with Gasteiger partial charge in [-0.15, -0.1) is 0 Å². The van der Waals surface area contributed by atoms with E-state index in [1.165, 1.54) is 41.3 Å². The Balaban J connectivity index is 1.71. The average Bonchev–Trinajstić information content (AvgIpc) is 2.88. The number of carbonyl (C=O) groups is 1. The molecule has 2 aromatic rings. The zero-order valence-electron chi connectivity index (χ0n) is 15.3. The largest absolute Gasteiger partial charge is 0.358 e. The fourth-order valence-corrected chi connectivity index (χ4v) is 3.89. The zero-order valence-corrected chi connectivity index (χ0v) is 15.3. The van der Waals surface area contributed by atoms with E-state index in [4.69, 9.17) is 0 Å². The molecule has 0 bridgehead atoms. The van der Waals surface area contributed by atoms with Crippen LogP contribution in [-0.2, 0) is 11.2 Å². The van der Waals surface area contributed by atoms with Crippen molar-refractivity contribution >= 4 is 16.8 Å². The van der Waals surface area contributed by atoms with Crippen LogP contribution in [0.4, 0.5) is 0 Å². The van der Waals surface area contributed by atoms with Gasteiger partial charge in [0.15, 0.2) is 0 Å². The normalized spacial score (nSPS) is 18.9. The first-order valence-corrected chi connectivity index (χ1v) is 9.01. The molecule has 1 saturated heterocycles. The number of H-pyrrole nitrogens is 1. The van der Waals surface area contributed by atoms with Crippen LogP contribution in [0.25, 0.3) is 10.9 Å². The summed E-state index contributed by atoms with van der Waals surface area (Å²) >= 11 is 0. The van der Waals surface area contributed by atoms with Crippen molar-refractivity contribution in [3.05, 3.63) is 34.5 Å². The Morgan fingerprint density at radius 1 is 1.25 bits per heavy atom. The van der Waals surface area contributed by atoms with Crippen LogP contribution in [0.3, 0.4) is 0 Å². The SMILES string of the molecule is Cc1[nH]c2c(C)ccc(C)c2c1CC(=O)NC[C@@H]1CCCCN1C. The van der Waals surface area contributed by atoms with Crippen molar-refractivity contribution in [2.24, 2.45) is 0 Å². The summed E-state index contributed by atoms with van der Waals surface area (Å²) in [5.74, 6) is 0.124. The van der Waals surface area contributed by atoms with Gasteiger partial charge in [0.25, 0.3) is 0 Å². The molecule has 0 unspecified atom stereocenters. The first kappa shape index (κ1) is 17.0. The number of fused-ring (bicyclic) bond motifs is 1. The molecule has 0 aliphatic carbocycles. The quantitative estimate of drug-likeness (QED) is 0.906. The monoisotopic (exact) mass is 327 g/mol. The highest BCUT2D eigenvalue weighted by Gasteiger charge is 2.20. The minimum Gasteiger partial charge on any atom is -0.358 e. The lowest BCUT2D eigenvalue weighted by molar-refractivity contribution is -0.120.